The zero-order valence-corrected chi connectivity index (χ0v) is 34.9. The highest BCUT2D eigenvalue weighted by Crippen LogP contribution is 2.50. The van der Waals surface area contributed by atoms with E-state index in [0.717, 1.165) is 55.6 Å². The number of allylic oxidation sites excluding steroid dienone is 9. The zero-order chi connectivity index (χ0) is 41.0. The van der Waals surface area contributed by atoms with Crippen LogP contribution < -0.4 is 4.90 Å². The van der Waals surface area contributed by atoms with Gasteiger partial charge in [-0.25, -0.2) is 0 Å². The molecule has 3 heterocycles. The van der Waals surface area contributed by atoms with E-state index in [1.807, 2.05) is 36.7 Å². The average Bonchev–Trinajstić information content (AvgIpc) is 3.81. The van der Waals surface area contributed by atoms with Crippen LogP contribution in [0.1, 0.15) is 111 Å². The second-order valence-corrected chi connectivity index (χ2v) is 17.5. The molecule has 0 saturated heterocycles. The maximum atomic E-state index is 10.3. The maximum absolute atomic E-state index is 10.3. The normalized spacial score (nSPS) is 20.2. The second kappa shape index (κ2) is 16.7. The van der Waals surface area contributed by atoms with Crippen molar-refractivity contribution in [3.63, 3.8) is 0 Å². The first-order valence-electron chi connectivity index (χ1n) is 20.3. The van der Waals surface area contributed by atoms with Crippen molar-refractivity contribution in [2.75, 3.05) is 4.90 Å². The molecule has 0 spiro atoms. The first kappa shape index (κ1) is 40.7. The van der Waals surface area contributed by atoms with Crippen molar-refractivity contribution in [2.24, 2.45) is 11.3 Å². The van der Waals surface area contributed by atoms with E-state index in [1.165, 1.54) is 40.9 Å². The topological polar surface area (TPSA) is 115 Å². The van der Waals surface area contributed by atoms with Crippen molar-refractivity contribution in [2.45, 2.75) is 118 Å². The molecule has 0 bridgehead atoms. The van der Waals surface area contributed by atoms with Crippen molar-refractivity contribution >= 4 is 11.3 Å². The summed E-state index contributed by atoms with van der Waals surface area (Å²) in [4.78, 5) is 2.46. The molecule has 3 aromatic rings. The molecule has 1 aliphatic carbocycles. The molecule has 8 nitrogen and oxygen atoms in total. The standard InChI is InChI=1S/C49H55N7O/c1-9-10-11-17-26-55-33-42(53-54-55)45-35(22-24-40-39(31-52)46(37(29-50)30-51)57-49(40,7)8)27-38(47(2,3)4)28-36(45)23-25-44-48(5,6)41-20-15-16-21-43(41)56(44)32-34-18-13-12-14-19-34/h12-16,18-25,33,38H,9-11,17,26-28,32H2,1-8H3/b24-22+,36-23+,44-25-. The van der Waals surface area contributed by atoms with Gasteiger partial charge in [0, 0.05) is 41.0 Å². The molecule has 8 heteroatoms. The molecule has 1 atom stereocenters. The first-order chi connectivity index (χ1) is 27.2. The number of anilines is 1. The van der Waals surface area contributed by atoms with E-state index in [4.69, 9.17) is 9.84 Å². The Hall–Kier alpha value is -5.91. The smallest absolute Gasteiger partial charge is 0.172 e. The number of fused-ring (bicyclic) bond motifs is 1. The van der Waals surface area contributed by atoms with Crippen LogP contribution >= 0.6 is 0 Å². The predicted octanol–water partition coefficient (Wildman–Crippen LogP) is 11.4. The number of ether oxygens (including phenoxy) is 1. The highest BCUT2D eigenvalue weighted by atomic mass is 16.5. The minimum absolute atomic E-state index is 0.00677. The van der Waals surface area contributed by atoms with Crippen molar-refractivity contribution in [1.29, 1.82) is 15.8 Å². The van der Waals surface area contributed by atoms with Crippen LogP contribution in [0, 0.1) is 45.3 Å². The lowest BCUT2D eigenvalue weighted by Gasteiger charge is -2.37. The molecule has 3 aliphatic rings. The van der Waals surface area contributed by atoms with Crippen molar-refractivity contribution < 1.29 is 4.74 Å². The first-order valence-corrected chi connectivity index (χ1v) is 20.3. The van der Waals surface area contributed by atoms with E-state index < -0.39 is 5.60 Å². The number of nitriles is 3. The number of aromatic nitrogens is 3. The Morgan fingerprint density at radius 1 is 0.912 bits per heavy atom. The number of para-hydroxylation sites is 1. The number of rotatable bonds is 11. The van der Waals surface area contributed by atoms with Gasteiger partial charge in [-0.1, -0.05) is 133 Å². The van der Waals surface area contributed by atoms with Gasteiger partial charge in [-0.05, 0) is 78.9 Å². The summed E-state index contributed by atoms with van der Waals surface area (Å²) in [5.41, 5.74) is 8.62. The fourth-order valence-electron chi connectivity index (χ4n) is 8.40. The second-order valence-electron chi connectivity index (χ2n) is 17.5. The van der Waals surface area contributed by atoms with Gasteiger partial charge in [-0.15, -0.1) is 5.10 Å². The Balaban J connectivity index is 1.54. The number of benzene rings is 2. The van der Waals surface area contributed by atoms with Crippen LogP contribution in [-0.2, 0) is 23.2 Å². The predicted molar refractivity (Wildman–Crippen MR) is 227 cm³/mol. The van der Waals surface area contributed by atoms with Crippen LogP contribution in [0.25, 0.3) is 5.57 Å². The highest BCUT2D eigenvalue weighted by molar-refractivity contribution is 5.83. The molecular weight excluding hydrogens is 703 g/mol. The van der Waals surface area contributed by atoms with E-state index in [1.54, 1.807) is 0 Å². The Morgan fingerprint density at radius 3 is 2.32 bits per heavy atom. The third-order valence-corrected chi connectivity index (χ3v) is 11.8. The summed E-state index contributed by atoms with van der Waals surface area (Å²) in [6.07, 6.45) is 17.0. The molecule has 57 heavy (non-hydrogen) atoms. The van der Waals surface area contributed by atoms with E-state index in [0.29, 0.717) is 11.5 Å². The minimum Gasteiger partial charge on any atom is -0.480 e. The quantitative estimate of drug-likeness (QED) is 0.141. The molecule has 1 aromatic heterocycles. The van der Waals surface area contributed by atoms with Crippen LogP contribution in [0.4, 0.5) is 5.69 Å². The van der Waals surface area contributed by atoms with Crippen molar-refractivity contribution in [1.82, 2.24) is 15.0 Å². The third-order valence-electron chi connectivity index (χ3n) is 11.8. The lowest BCUT2D eigenvalue weighted by atomic mass is 9.68. The van der Waals surface area contributed by atoms with Crippen molar-refractivity contribution in [3.05, 3.63) is 141 Å². The molecule has 2 aliphatic heterocycles. The van der Waals surface area contributed by atoms with Gasteiger partial charge in [0.05, 0.1) is 6.20 Å². The van der Waals surface area contributed by atoms with Crippen LogP contribution in [0.3, 0.4) is 0 Å². The molecule has 0 radical (unpaired) electrons. The van der Waals surface area contributed by atoms with Gasteiger partial charge in [0.2, 0.25) is 0 Å². The molecule has 0 amide bonds. The lowest BCUT2D eigenvalue weighted by Crippen LogP contribution is -2.26. The van der Waals surface area contributed by atoms with Gasteiger partial charge in [-0.2, -0.15) is 15.8 Å². The van der Waals surface area contributed by atoms with E-state index in [2.05, 4.69) is 137 Å². The number of hydrogen-bond donors (Lipinski definition) is 0. The summed E-state index contributed by atoms with van der Waals surface area (Å²) >= 11 is 0. The van der Waals surface area contributed by atoms with Gasteiger partial charge < -0.3 is 9.64 Å². The van der Waals surface area contributed by atoms with Crippen LogP contribution in [0.5, 0.6) is 0 Å². The van der Waals surface area contributed by atoms with Gasteiger partial charge in [0.25, 0.3) is 0 Å². The summed E-state index contributed by atoms with van der Waals surface area (Å²) < 4.78 is 8.10. The Kier molecular flexibility index (Phi) is 11.9. The number of aryl methyl sites for hydroxylation is 1. The number of unbranched alkanes of at least 4 members (excludes halogenated alkanes) is 3. The van der Waals surface area contributed by atoms with Gasteiger partial charge in [-0.3, -0.25) is 4.68 Å². The summed E-state index contributed by atoms with van der Waals surface area (Å²) in [5, 5.41) is 39.1. The average molecular weight is 758 g/mol. The Morgan fingerprint density at radius 2 is 1.63 bits per heavy atom. The molecule has 2 aromatic carbocycles. The summed E-state index contributed by atoms with van der Waals surface area (Å²) in [6, 6.07) is 25.4. The highest BCUT2D eigenvalue weighted by Gasteiger charge is 2.41. The van der Waals surface area contributed by atoms with Crippen LogP contribution in [-0.4, -0.2) is 20.6 Å². The Bertz CT molecular complexity index is 2300. The molecular formula is C49H55N7O. The summed E-state index contributed by atoms with van der Waals surface area (Å²) in [5.74, 6) is 0.344. The van der Waals surface area contributed by atoms with Gasteiger partial charge in [0.15, 0.2) is 11.3 Å². The SMILES string of the molecule is CCCCCCn1cc(C2=C(/C=C/C3=C(C#N)C(=C(C#N)C#N)OC3(C)C)CC(C(C)(C)C)C/C2=C\C=C2/N(Cc3ccccc3)c3ccccc3C2(C)C)nn1. The van der Waals surface area contributed by atoms with Gasteiger partial charge >= 0.3 is 0 Å². The van der Waals surface area contributed by atoms with E-state index >= 15 is 0 Å². The molecule has 0 fully saturated rings. The molecule has 0 saturated carbocycles. The fraction of sp³-hybridized carbons (Fsp3) is 0.408. The minimum atomic E-state index is -0.926. The molecule has 292 valence electrons. The van der Waals surface area contributed by atoms with Gasteiger partial charge in [0.1, 0.15) is 35.1 Å². The Labute approximate surface area is 339 Å². The molecule has 6 rings (SSSR count). The lowest BCUT2D eigenvalue weighted by molar-refractivity contribution is 0.0954. The zero-order valence-electron chi connectivity index (χ0n) is 34.9. The molecule has 1 unspecified atom stereocenters. The van der Waals surface area contributed by atoms with Crippen molar-refractivity contribution in [3.8, 4) is 18.2 Å². The number of hydrogen-bond acceptors (Lipinski definition) is 7. The van der Waals surface area contributed by atoms with E-state index in [-0.39, 0.29) is 27.7 Å². The number of nitrogens with zero attached hydrogens (tertiary/aromatic N) is 7. The van der Waals surface area contributed by atoms with Crippen LogP contribution in [0.2, 0.25) is 0 Å². The molecule has 0 N–H and O–H groups in total. The van der Waals surface area contributed by atoms with E-state index in [9.17, 15) is 15.8 Å². The monoisotopic (exact) mass is 757 g/mol. The largest absolute Gasteiger partial charge is 0.480 e. The maximum Gasteiger partial charge on any atom is 0.172 e. The third kappa shape index (κ3) is 8.45. The van der Waals surface area contributed by atoms with Crippen LogP contribution in [0.15, 0.2) is 124 Å². The summed E-state index contributed by atoms with van der Waals surface area (Å²) in [7, 11) is 0. The fourth-order valence-corrected chi connectivity index (χ4v) is 8.40. The summed E-state index contributed by atoms with van der Waals surface area (Å²) in [6.45, 7) is 19.0.